The molecule has 2 heteroatoms. The fraction of sp³-hybridized carbons (Fsp3) is 0.250. The van der Waals surface area contributed by atoms with E-state index in [1.807, 2.05) is 0 Å². The van der Waals surface area contributed by atoms with Crippen LogP contribution in [0.1, 0.15) is 0 Å². The molecular weight excluding hydrogens is 78.0 g/mol. The smallest absolute Gasteiger partial charge is 0.221 e. The number of rotatable bonds is 1. The highest BCUT2D eigenvalue weighted by atomic mass is 16.1. The third kappa shape index (κ3) is 1.76. The average molecular weight is 83.1 g/mol. The van der Waals surface area contributed by atoms with Crippen LogP contribution in [0.2, 0.25) is 0 Å². The zero-order chi connectivity index (χ0) is 5.15. The molecule has 0 aliphatic rings. The molecule has 1 amide bonds. The maximum atomic E-state index is 9.67. The van der Waals surface area contributed by atoms with Crippen molar-refractivity contribution in [2.75, 3.05) is 0 Å². The molecule has 0 bridgehead atoms. The van der Waals surface area contributed by atoms with E-state index in [0.717, 1.165) is 0 Å². The number of carbonyl (C=O) groups is 1. The molecule has 0 saturated heterocycles. The zero-order valence-corrected chi connectivity index (χ0v) is 3.22. The van der Waals surface area contributed by atoms with Gasteiger partial charge in [-0.25, -0.2) is 0 Å². The summed E-state index contributed by atoms with van der Waals surface area (Å²) in [6.45, 7) is 9.48. The molecule has 0 aromatic rings. The Kier molecular flexibility index (Phi) is 1.64. The molecule has 0 aromatic carbocycles. The summed E-state index contributed by atoms with van der Waals surface area (Å²) in [7, 11) is 0. The number of hydrogen-bond acceptors (Lipinski definition) is 1. The van der Waals surface area contributed by atoms with Gasteiger partial charge in [0.15, 0.2) is 0 Å². The lowest BCUT2D eigenvalue weighted by molar-refractivity contribution is -0.119. The van der Waals surface area contributed by atoms with Crippen LogP contribution < -0.4 is 5.73 Å². The fourth-order valence-corrected chi connectivity index (χ4v) is 0. The summed E-state index contributed by atoms with van der Waals surface area (Å²) >= 11 is 0. The van der Waals surface area contributed by atoms with Crippen LogP contribution in [-0.4, -0.2) is 5.91 Å². The molecule has 0 aliphatic heterocycles. The van der Waals surface area contributed by atoms with Crippen molar-refractivity contribution in [1.29, 1.82) is 0 Å². The van der Waals surface area contributed by atoms with Gasteiger partial charge in [-0.1, -0.05) is 0 Å². The molecule has 0 fully saturated rings. The molecule has 0 heterocycles. The van der Waals surface area contributed by atoms with E-state index >= 15 is 0 Å². The Balaban J connectivity index is 3.26. The number of hydrogen-bond donors (Lipinski definition) is 1. The molecule has 4 radical (unpaired) electrons. The fourth-order valence-electron chi connectivity index (χ4n) is 0. The Morgan fingerprint density at radius 2 is 1.83 bits per heavy atom. The van der Waals surface area contributed by atoms with Crippen molar-refractivity contribution in [1.82, 2.24) is 0 Å². The third-order valence-corrected chi connectivity index (χ3v) is 0.329. The quantitative estimate of drug-likeness (QED) is 0.456. The van der Waals surface area contributed by atoms with E-state index < -0.39 is 11.8 Å². The third-order valence-electron chi connectivity index (χ3n) is 0.329. The first-order chi connectivity index (χ1) is 2.64. The van der Waals surface area contributed by atoms with Gasteiger partial charge in [0.2, 0.25) is 5.91 Å². The first-order valence-corrected chi connectivity index (χ1v) is 1.45. The van der Waals surface area contributed by atoms with E-state index in [1.54, 1.807) is 0 Å². The largest absolute Gasteiger partial charge is 0.369 e. The zero-order valence-electron chi connectivity index (χ0n) is 3.22. The second-order valence-corrected chi connectivity index (χ2v) is 0.928. The normalized spacial score (nSPS) is 9.17. The number of amides is 1. The second kappa shape index (κ2) is 1.80. The Morgan fingerprint density at radius 1 is 1.67 bits per heavy atom. The molecule has 0 aromatic heterocycles. The summed E-state index contributed by atoms with van der Waals surface area (Å²) in [5, 5.41) is 0. The first kappa shape index (κ1) is 5.47. The molecule has 2 nitrogen and oxygen atoms in total. The molecule has 0 aliphatic carbocycles. The van der Waals surface area contributed by atoms with Crippen LogP contribution in [0.5, 0.6) is 0 Å². The molecule has 32 valence electrons. The highest BCUT2D eigenvalue weighted by Gasteiger charge is 1.97. The van der Waals surface area contributed by atoms with Gasteiger partial charge in [-0.3, -0.25) is 4.79 Å². The Hall–Kier alpha value is -0.530. The first-order valence-electron chi connectivity index (χ1n) is 1.45. The van der Waals surface area contributed by atoms with Crippen molar-refractivity contribution in [3.8, 4) is 0 Å². The molecule has 0 spiro atoms. The Labute approximate surface area is 37.3 Å². The van der Waals surface area contributed by atoms with E-state index in [9.17, 15) is 4.79 Å². The standard InChI is InChI=1S/C4H5NO/c1-3(2)4(5)6/h1-3H,(H2,5,6). The van der Waals surface area contributed by atoms with E-state index in [4.69, 9.17) is 13.8 Å². The average Bonchev–Trinajstić information content (AvgIpc) is 1.36. The molecule has 0 rings (SSSR count). The van der Waals surface area contributed by atoms with E-state index in [-0.39, 0.29) is 0 Å². The highest BCUT2D eigenvalue weighted by molar-refractivity contribution is 5.77. The van der Waals surface area contributed by atoms with E-state index in [1.165, 1.54) is 0 Å². The van der Waals surface area contributed by atoms with Gasteiger partial charge >= 0.3 is 0 Å². The summed E-state index contributed by atoms with van der Waals surface area (Å²) in [5.74, 6) is -1.69. The molecule has 2 N–H and O–H groups in total. The Bertz CT molecular complexity index is 58.6. The van der Waals surface area contributed by atoms with Crippen molar-refractivity contribution >= 4 is 5.91 Å². The predicted octanol–water partition coefficient (Wildman–Crippen LogP) is -0.490. The van der Waals surface area contributed by atoms with Crippen molar-refractivity contribution in [3.05, 3.63) is 13.8 Å². The lowest BCUT2D eigenvalue weighted by Gasteiger charge is -1.89. The predicted molar refractivity (Wildman–Crippen MR) is 21.3 cm³/mol. The lowest BCUT2D eigenvalue weighted by Crippen LogP contribution is -2.17. The molecule has 0 atom stereocenters. The van der Waals surface area contributed by atoms with Crippen molar-refractivity contribution in [2.24, 2.45) is 11.7 Å². The summed E-state index contributed by atoms with van der Waals surface area (Å²) < 4.78 is 0. The molecule has 0 unspecified atom stereocenters. The van der Waals surface area contributed by atoms with Gasteiger partial charge in [-0.2, -0.15) is 0 Å². The van der Waals surface area contributed by atoms with Gasteiger partial charge < -0.3 is 5.73 Å². The number of primary amides is 1. The Morgan fingerprint density at radius 3 is 1.83 bits per heavy atom. The van der Waals surface area contributed by atoms with Crippen LogP contribution in [0.3, 0.4) is 0 Å². The van der Waals surface area contributed by atoms with Crippen LogP contribution in [0, 0.1) is 19.8 Å². The van der Waals surface area contributed by atoms with Gasteiger partial charge in [0.25, 0.3) is 0 Å². The monoisotopic (exact) mass is 83.0 g/mol. The number of carbonyl (C=O) groups excluding carboxylic acids is 1. The van der Waals surface area contributed by atoms with Gasteiger partial charge in [-0.15, -0.1) is 0 Å². The summed E-state index contributed by atoms with van der Waals surface area (Å²) in [6.07, 6.45) is 0. The van der Waals surface area contributed by atoms with Crippen molar-refractivity contribution in [2.45, 2.75) is 0 Å². The van der Waals surface area contributed by atoms with Crippen molar-refractivity contribution in [3.63, 3.8) is 0 Å². The van der Waals surface area contributed by atoms with Crippen LogP contribution in [0.25, 0.3) is 0 Å². The minimum Gasteiger partial charge on any atom is -0.369 e. The highest BCUT2D eigenvalue weighted by Crippen LogP contribution is 1.82. The minimum absolute atomic E-state index is 0.685. The van der Waals surface area contributed by atoms with Gasteiger partial charge in [0.1, 0.15) is 0 Å². The molecular formula is C4H5NO. The van der Waals surface area contributed by atoms with Gasteiger partial charge in [0.05, 0.1) is 0 Å². The molecule has 6 heavy (non-hydrogen) atoms. The summed E-state index contributed by atoms with van der Waals surface area (Å²) in [6, 6.07) is 0. The van der Waals surface area contributed by atoms with Crippen LogP contribution >= 0.6 is 0 Å². The second-order valence-electron chi connectivity index (χ2n) is 0.928. The van der Waals surface area contributed by atoms with Gasteiger partial charge in [0, 0.05) is 5.92 Å². The van der Waals surface area contributed by atoms with E-state index in [0.29, 0.717) is 0 Å². The maximum Gasteiger partial charge on any atom is 0.221 e. The van der Waals surface area contributed by atoms with E-state index in [2.05, 4.69) is 5.73 Å². The maximum absolute atomic E-state index is 9.67. The number of nitrogens with two attached hydrogens (primary N) is 1. The topological polar surface area (TPSA) is 43.1 Å². The van der Waals surface area contributed by atoms with Crippen LogP contribution in [0.4, 0.5) is 0 Å². The SMILES string of the molecule is [CH]C([CH])C(N)=O. The minimum atomic E-state index is -1.01. The summed E-state index contributed by atoms with van der Waals surface area (Å²) in [4.78, 5) is 9.67. The van der Waals surface area contributed by atoms with Gasteiger partial charge in [-0.05, 0) is 13.8 Å². The molecule has 0 saturated carbocycles. The van der Waals surface area contributed by atoms with Crippen LogP contribution in [-0.2, 0) is 4.79 Å². The van der Waals surface area contributed by atoms with Crippen LogP contribution in [0.15, 0.2) is 0 Å². The summed E-state index contributed by atoms with van der Waals surface area (Å²) in [5.41, 5.74) is 4.55. The van der Waals surface area contributed by atoms with Crippen molar-refractivity contribution < 1.29 is 4.79 Å². The lowest BCUT2D eigenvalue weighted by atomic mass is 10.2.